The van der Waals surface area contributed by atoms with Gasteiger partial charge in [-0.25, -0.2) is 4.79 Å². The van der Waals surface area contributed by atoms with Crippen molar-refractivity contribution >= 4 is 39.6 Å². The fraction of sp³-hybridized carbons (Fsp3) is 0.760. The van der Waals surface area contributed by atoms with Crippen molar-refractivity contribution in [2.45, 2.75) is 84.1 Å². The fourth-order valence-electron chi connectivity index (χ4n) is 7.75. The number of ether oxygens (including phenoxy) is 1. The van der Waals surface area contributed by atoms with Crippen LogP contribution in [0.1, 0.15) is 86.0 Å². The van der Waals surface area contributed by atoms with E-state index < -0.39 is 0 Å². The average molecular weight is 461 g/mol. The summed E-state index contributed by atoms with van der Waals surface area (Å²) in [6.45, 7) is 4.58. The smallest absolute Gasteiger partial charge is 0.341 e. The van der Waals surface area contributed by atoms with E-state index in [0.29, 0.717) is 28.1 Å². The van der Waals surface area contributed by atoms with Crippen molar-refractivity contribution in [2.24, 2.45) is 29.1 Å². The Hall–Kier alpha value is -1.14. The second-order valence-corrected chi connectivity index (χ2v) is 12.4. The summed E-state index contributed by atoms with van der Waals surface area (Å²) < 4.78 is 5.14. The Labute approximate surface area is 195 Å². The van der Waals surface area contributed by atoms with Crippen LogP contribution in [0.15, 0.2) is 0 Å². The number of esters is 1. The predicted molar refractivity (Wildman–Crippen MR) is 131 cm³/mol. The largest absolute Gasteiger partial charge is 0.465 e. The number of anilines is 1. The third kappa shape index (κ3) is 3.92. The van der Waals surface area contributed by atoms with Crippen LogP contribution in [-0.2, 0) is 17.6 Å². The highest BCUT2D eigenvalue weighted by Crippen LogP contribution is 2.61. The molecule has 170 valence electrons. The van der Waals surface area contributed by atoms with E-state index >= 15 is 0 Å². The number of carbonyl (C=O) groups is 1. The SMILES string of the molecule is CCC(NC(=S)Nc1sc2c(c1C(=O)OC)CCC(C)C2)C12CC3CC(CC(C3)C1)C2. The molecule has 1 aromatic rings. The molecule has 4 fully saturated rings. The molecule has 4 saturated carbocycles. The van der Waals surface area contributed by atoms with Crippen molar-refractivity contribution < 1.29 is 9.53 Å². The zero-order valence-electron chi connectivity index (χ0n) is 19.1. The zero-order valence-corrected chi connectivity index (χ0v) is 20.7. The standard InChI is InChI=1S/C25H36N2O2S2/c1-4-20(25-11-15-8-16(12-25)10-17(9-15)13-25)26-24(30)27-22-21(23(28)29-3)18-6-5-14(2)7-19(18)31-22/h14-17,20H,4-13H2,1-3H3,(H2,26,27,30). The van der Waals surface area contributed by atoms with Gasteiger partial charge in [0.05, 0.1) is 12.7 Å². The first-order valence-electron chi connectivity index (χ1n) is 12.2. The van der Waals surface area contributed by atoms with Crippen LogP contribution in [-0.4, -0.2) is 24.2 Å². The van der Waals surface area contributed by atoms with Crippen LogP contribution in [0.5, 0.6) is 0 Å². The zero-order chi connectivity index (χ0) is 21.8. The molecule has 0 spiro atoms. The number of nitrogens with one attached hydrogen (secondary N) is 2. The summed E-state index contributed by atoms with van der Waals surface area (Å²) in [5.74, 6) is 3.21. The van der Waals surface area contributed by atoms with E-state index in [9.17, 15) is 4.79 Å². The minimum Gasteiger partial charge on any atom is -0.465 e. The molecule has 6 heteroatoms. The number of fused-ring (bicyclic) bond motifs is 1. The molecule has 0 saturated heterocycles. The molecule has 1 aromatic heterocycles. The van der Waals surface area contributed by atoms with Crippen molar-refractivity contribution in [3.8, 4) is 0 Å². The Bertz CT molecular complexity index is 842. The van der Waals surface area contributed by atoms with Gasteiger partial charge in [-0.2, -0.15) is 0 Å². The van der Waals surface area contributed by atoms with E-state index in [0.717, 1.165) is 48.4 Å². The van der Waals surface area contributed by atoms with Gasteiger partial charge in [0.25, 0.3) is 0 Å². The van der Waals surface area contributed by atoms with E-state index in [1.807, 2.05) is 0 Å². The van der Waals surface area contributed by atoms with Crippen molar-refractivity contribution in [3.63, 3.8) is 0 Å². The van der Waals surface area contributed by atoms with Gasteiger partial charge in [-0.15, -0.1) is 11.3 Å². The van der Waals surface area contributed by atoms with Gasteiger partial charge >= 0.3 is 5.97 Å². The monoisotopic (exact) mass is 460 g/mol. The highest BCUT2D eigenvalue weighted by Gasteiger charge is 2.53. The van der Waals surface area contributed by atoms with E-state index in [2.05, 4.69) is 24.5 Å². The average Bonchev–Trinajstić information content (AvgIpc) is 3.06. The van der Waals surface area contributed by atoms with Gasteiger partial charge in [0.1, 0.15) is 5.00 Å². The highest BCUT2D eigenvalue weighted by atomic mass is 32.1. The van der Waals surface area contributed by atoms with Gasteiger partial charge < -0.3 is 15.4 Å². The van der Waals surface area contributed by atoms with Crippen LogP contribution < -0.4 is 10.6 Å². The first-order chi connectivity index (χ1) is 14.9. The number of thiophene rings is 1. The molecule has 5 aliphatic rings. The van der Waals surface area contributed by atoms with E-state index in [1.165, 1.54) is 56.1 Å². The fourth-order valence-corrected chi connectivity index (χ4v) is 9.46. The summed E-state index contributed by atoms with van der Waals surface area (Å²) >= 11 is 7.50. The first-order valence-corrected chi connectivity index (χ1v) is 13.4. The number of carbonyl (C=O) groups excluding carboxylic acids is 1. The Balaban J connectivity index is 1.34. The molecule has 0 aromatic carbocycles. The van der Waals surface area contributed by atoms with Crippen molar-refractivity contribution in [1.82, 2.24) is 5.32 Å². The molecule has 5 aliphatic carbocycles. The van der Waals surface area contributed by atoms with E-state index in [4.69, 9.17) is 17.0 Å². The van der Waals surface area contributed by atoms with E-state index in [-0.39, 0.29) is 5.97 Å². The van der Waals surface area contributed by atoms with Gasteiger partial charge in [-0.3, -0.25) is 0 Å². The summed E-state index contributed by atoms with van der Waals surface area (Å²) in [5, 5.41) is 8.68. The van der Waals surface area contributed by atoms with Gasteiger partial charge in [0.2, 0.25) is 0 Å². The van der Waals surface area contributed by atoms with Crippen LogP contribution in [0.25, 0.3) is 0 Å². The number of hydrogen-bond acceptors (Lipinski definition) is 4. The van der Waals surface area contributed by atoms with Crippen molar-refractivity contribution in [1.29, 1.82) is 0 Å². The molecular weight excluding hydrogens is 424 g/mol. The summed E-state index contributed by atoms with van der Waals surface area (Å²) in [7, 11) is 1.47. The molecule has 31 heavy (non-hydrogen) atoms. The Kier molecular flexibility index (Phi) is 5.83. The van der Waals surface area contributed by atoms with Gasteiger partial charge in [-0.05, 0) is 111 Å². The lowest BCUT2D eigenvalue weighted by Crippen LogP contribution is -2.57. The van der Waals surface area contributed by atoms with E-state index in [1.54, 1.807) is 11.3 Å². The van der Waals surface area contributed by atoms with Crippen LogP contribution in [0.4, 0.5) is 5.00 Å². The Morgan fingerprint density at radius 3 is 2.45 bits per heavy atom. The summed E-state index contributed by atoms with van der Waals surface area (Å²) in [6.07, 6.45) is 12.7. The second kappa shape index (κ2) is 8.33. The molecule has 1 heterocycles. The minimum atomic E-state index is -0.245. The minimum absolute atomic E-state index is 0.245. The van der Waals surface area contributed by atoms with Crippen LogP contribution in [0.2, 0.25) is 0 Å². The number of thiocarbonyl (C=S) groups is 1. The lowest BCUT2D eigenvalue weighted by atomic mass is 9.47. The van der Waals surface area contributed by atoms with Gasteiger partial charge in [0, 0.05) is 10.9 Å². The van der Waals surface area contributed by atoms with Crippen LogP contribution >= 0.6 is 23.6 Å². The summed E-state index contributed by atoms with van der Waals surface area (Å²) in [6, 6.07) is 0.414. The molecule has 2 N–H and O–H groups in total. The normalized spacial score (nSPS) is 34.2. The third-order valence-electron chi connectivity index (χ3n) is 8.67. The maximum Gasteiger partial charge on any atom is 0.341 e. The maximum absolute atomic E-state index is 12.6. The first kappa shape index (κ1) is 21.7. The Morgan fingerprint density at radius 2 is 1.87 bits per heavy atom. The lowest BCUT2D eigenvalue weighted by molar-refractivity contribution is -0.0710. The van der Waals surface area contributed by atoms with Crippen molar-refractivity contribution in [2.75, 3.05) is 12.4 Å². The topological polar surface area (TPSA) is 50.4 Å². The maximum atomic E-state index is 12.6. The van der Waals surface area contributed by atoms with Gasteiger partial charge in [0.15, 0.2) is 5.11 Å². The summed E-state index contributed by atoms with van der Waals surface area (Å²) in [4.78, 5) is 13.9. The molecule has 4 bridgehead atoms. The molecule has 0 radical (unpaired) electrons. The molecule has 2 atom stereocenters. The van der Waals surface area contributed by atoms with Crippen LogP contribution in [0, 0.1) is 29.1 Å². The second-order valence-electron chi connectivity index (χ2n) is 10.9. The molecule has 0 aliphatic heterocycles. The molecule has 0 amide bonds. The third-order valence-corrected chi connectivity index (χ3v) is 10.1. The number of hydrogen-bond donors (Lipinski definition) is 2. The highest BCUT2D eigenvalue weighted by molar-refractivity contribution is 7.80. The molecule has 2 unspecified atom stereocenters. The lowest BCUT2D eigenvalue weighted by Gasteiger charge is -2.59. The van der Waals surface area contributed by atoms with Crippen molar-refractivity contribution in [3.05, 3.63) is 16.0 Å². The molecular formula is C25H36N2O2S2. The molecule has 4 nitrogen and oxygen atoms in total. The van der Waals surface area contributed by atoms with Gasteiger partial charge in [-0.1, -0.05) is 13.8 Å². The van der Waals surface area contributed by atoms with Crippen LogP contribution in [0.3, 0.4) is 0 Å². The number of methoxy groups -OCH3 is 1. The summed E-state index contributed by atoms with van der Waals surface area (Å²) in [5.41, 5.74) is 2.29. The predicted octanol–water partition coefficient (Wildman–Crippen LogP) is 5.94. The number of rotatable bonds is 5. The Morgan fingerprint density at radius 1 is 1.23 bits per heavy atom. The quantitative estimate of drug-likeness (QED) is 0.421. The molecule has 6 rings (SSSR count).